The van der Waals surface area contributed by atoms with E-state index in [-0.39, 0.29) is 5.89 Å². The van der Waals surface area contributed by atoms with Crippen molar-refractivity contribution in [3.05, 3.63) is 11.8 Å². The van der Waals surface area contributed by atoms with Gasteiger partial charge in [0.2, 0.25) is 5.89 Å². The Balaban J connectivity index is 2.03. The second-order valence-corrected chi connectivity index (χ2v) is 4.35. The molecule has 0 saturated heterocycles. The van der Waals surface area contributed by atoms with Crippen molar-refractivity contribution >= 4 is 5.97 Å². The molecule has 1 aromatic heterocycles. The molecule has 0 aromatic carbocycles. The summed E-state index contributed by atoms with van der Waals surface area (Å²) in [6.45, 7) is 2.07. The molecule has 5 nitrogen and oxygen atoms in total. The van der Waals surface area contributed by atoms with Gasteiger partial charge in [0.1, 0.15) is 0 Å². The van der Waals surface area contributed by atoms with Crippen molar-refractivity contribution in [2.24, 2.45) is 0 Å². The second kappa shape index (κ2) is 5.80. The summed E-state index contributed by atoms with van der Waals surface area (Å²) in [4.78, 5) is 11.4. The maximum absolute atomic E-state index is 11.4. The highest BCUT2D eigenvalue weighted by Gasteiger charge is 2.23. The summed E-state index contributed by atoms with van der Waals surface area (Å²) < 4.78 is 10.2. The van der Waals surface area contributed by atoms with Crippen LogP contribution in [-0.2, 0) is 4.74 Å². The molecule has 0 radical (unpaired) electrons. The molecule has 0 unspecified atom stereocenters. The molecule has 1 heterocycles. The fraction of sp³-hybridized carbons (Fsp3) is 0.750. The molecule has 0 bridgehead atoms. The van der Waals surface area contributed by atoms with E-state index in [1.807, 2.05) is 0 Å². The Labute approximate surface area is 101 Å². The van der Waals surface area contributed by atoms with E-state index in [1.54, 1.807) is 6.92 Å². The fourth-order valence-electron chi connectivity index (χ4n) is 2.20. The van der Waals surface area contributed by atoms with Gasteiger partial charge in [-0.1, -0.05) is 25.7 Å². The first-order valence-corrected chi connectivity index (χ1v) is 6.31. The van der Waals surface area contributed by atoms with Crippen LogP contribution in [0.4, 0.5) is 0 Å². The van der Waals surface area contributed by atoms with Gasteiger partial charge in [0.05, 0.1) is 6.61 Å². The lowest BCUT2D eigenvalue weighted by atomic mass is 10.0. The molecule has 1 aliphatic carbocycles. The van der Waals surface area contributed by atoms with Crippen LogP contribution in [0.15, 0.2) is 4.42 Å². The summed E-state index contributed by atoms with van der Waals surface area (Å²) in [6.07, 6.45) is 7.09. The molecule has 1 aliphatic rings. The molecule has 2 rings (SSSR count). The molecule has 1 fully saturated rings. The van der Waals surface area contributed by atoms with Crippen LogP contribution < -0.4 is 0 Å². The van der Waals surface area contributed by atoms with Crippen LogP contribution in [0.25, 0.3) is 0 Å². The minimum atomic E-state index is -0.528. The number of carbonyl (C=O) groups is 1. The standard InChI is InChI=1S/C12H18N2O3/c1-2-16-12(15)11-14-13-10(17-11)9-7-5-3-4-6-8-9/h9H,2-8H2,1H3. The van der Waals surface area contributed by atoms with E-state index in [4.69, 9.17) is 9.15 Å². The van der Waals surface area contributed by atoms with E-state index in [0.717, 1.165) is 12.8 Å². The van der Waals surface area contributed by atoms with Crippen LogP contribution >= 0.6 is 0 Å². The maximum atomic E-state index is 11.4. The largest absolute Gasteiger partial charge is 0.459 e. The van der Waals surface area contributed by atoms with Crippen LogP contribution in [-0.4, -0.2) is 22.8 Å². The number of ether oxygens (including phenoxy) is 1. The lowest BCUT2D eigenvalue weighted by molar-refractivity contribution is 0.0478. The molecule has 1 aromatic rings. The topological polar surface area (TPSA) is 65.2 Å². The number of rotatable bonds is 3. The fourth-order valence-corrected chi connectivity index (χ4v) is 2.20. The lowest BCUT2D eigenvalue weighted by Crippen LogP contribution is -2.04. The van der Waals surface area contributed by atoms with Gasteiger partial charge < -0.3 is 9.15 Å². The molecule has 94 valence electrons. The summed E-state index contributed by atoms with van der Waals surface area (Å²) in [5.74, 6) is 0.356. The number of hydrogen-bond donors (Lipinski definition) is 0. The van der Waals surface area contributed by atoms with Crippen LogP contribution in [0.1, 0.15) is 67.9 Å². The third kappa shape index (κ3) is 3.05. The molecular formula is C12H18N2O3. The molecule has 0 amide bonds. The Morgan fingerprint density at radius 3 is 2.65 bits per heavy atom. The number of hydrogen-bond acceptors (Lipinski definition) is 5. The Hall–Kier alpha value is -1.39. The molecular weight excluding hydrogens is 220 g/mol. The van der Waals surface area contributed by atoms with Crippen molar-refractivity contribution in [2.45, 2.75) is 51.4 Å². The van der Waals surface area contributed by atoms with Crippen molar-refractivity contribution in [3.8, 4) is 0 Å². The highest BCUT2D eigenvalue weighted by atomic mass is 16.5. The first kappa shape index (κ1) is 12.1. The monoisotopic (exact) mass is 238 g/mol. The van der Waals surface area contributed by atoms with Crippen LogP contribution in [0.5, 0.6) is 0 Å². The van der Waals surface area contributed by atoms with Gasteiger partial charge in [0.25, 0.3) is 0 Å². The first-order chi connectivity index (χ1) is 8.31. The minimum absolute atomic E-state index is 0.0221. The van der Waals surface area contributed by atoms with Crippen molar-refractivity contribution < 1.29 is 13.9 Å². The van der Waals surface area contributed by atoms with Gasteiger partial charge in [-0.15, -0.1) is 10.2 Å². The number of aromatic nitrogens is 2. The molecule has 0 N–H and O–H groups in total. The molecule has 0 spiro atoms. The van der Waals surface area contributed by atoms with Gasteiger partial charge in [-0.25, -0.2) is 4.79 Å². The van der Waals surface area contributed by atoms with Gasteiger partial charge in [-0.2, -0.15) is 0 Å². The van der Waals surface area contributed by atoms with E-state index in [0.29, 0.717) is 18.4 Å². The van der Waals surface area contributed by atoms with E-state index >= 15 is 0 Å². The van der Waals surface area contributed by atoms with Crippen LogP contribution in [0.2, 0.25) is 0 Å². The predicted octanol–water partition coefficient (Wildman–Crippen LogP) is 2.68. The molecule has 0 atom stereocenters. The van der Waals surface area contributed by atoms with Gasteiger partial charge >= 0.3 is 11.9 Å². The summed E-state index contributed by atoms with van der Waals surface area (Å²) >= 11 is 0. The highest BCUT2D eigenvalue weighted by molar-refractivity contribution is 5.83. The third-order valence-corrected chi connectivity index (χ3v) is 3.10. The number of carbonyl (C=O) groups excluding carboxylic acids is 1. The van der Waals surface area contributed by atoms with E-state index < -0.39 is 5.97 Å². The molecule has 1 saturated carbocycles. The quantitative estimate of drug-likeness (QED) is 0.598. The predicted molar refractivity (Wildman–Crippen MR) is 60.7 cm³/mol. The highest BCUT2D eigenvalue weighted by Crippen LogP contribution is 2.30. The Bertz CT molecular complexity index is 368. The second-order valence-electron chi connectivity index (χ2n) is 4.35. The Morgan fingerprint density at radius 1 is 1.29 bits per heavy atom. The average Bonchev–Trinajstić information content (AvgIpc) is 2.66. The van der Waals surface area contributed by atoms with Crippen molar-refractivity contribution in [1.82, 2.24) is 10.2 Å². The maximum Gasteiger partial charge on any atom is 0.396 e. The van der Waals surface area contributed by atoms with Gasteiger partial charge in [0.15, 0.2) is 0 Å². The van der Waals surface area contributed by atoms with Gasteiger partial charge in [0, 0.05) is 5.92 Å². The lowest BCUT2D eigenvalue weighted by Gasteiger charge is -2.07. The Morgan fingerprint density at radius 2 is 2.00 bits per heavy atom. The average molecular weight is 238 g/mol. The van der Waals surface area contributed by atoms with Gasteiger partial charge in [-0.05, 0) is 19.8 Å². The number of nitrogens with zero attached hydrogens (tertiary/aromatic N) is 2. The zero-order valence-electron chi connectivity index (χ0n) is 10.1. The SMILES string of the molecule is CCOC(=O)c1nnc(C2CCCCCC2)o1. The van der Waals surface area contributed by atoms with Crippen molar-refractivity contribution in [2.75, 3.05) is 6.61 Å². The zero-order chi connectivity index (χ0) is 12.1. The smallest absolute Gasteiger partial charge is 0.396 e. The Kier molecular flexibility index (Phi) is 4.12. The van der Waals surface area contributed by atoms with Gasteiger partial charge in [-0.3, -0.25) is 0 Å². The van der Waals surface area contributed by atoms with E-state index in [1.165, 1.54) is 25.7 Å². The molecule has 5 heteroatoms. The normalized spacial score (nSPS) is 17.7. The minimum Gasteiger partial charge on any atom is -0.459 e. The van der Waals surface area contributed by atoms with Crippen LogP contribution in [0, 0.1) is 0 Å². The van der Waals surface area contributed by atoms with Crippen LogP contribution in [0.3, 0.4) is 0 Å². The summed E-state index contributed by atoms with van der Waals surface area (Å²) in [7, 11) is 0. The zero-order valence-corrected chi connectivity index (χ0v) is 10.1. The molecule has 17 heavy (non-hydrogen) atoms. The number of esters is 1. The van der Waals surface area contributed by atoms with E-state index in [2.05, 4.69) is 10.2 Å². The first-order valence-electron chi connectivity index (χ1n) is 6.31. The van der Waals surface area contributed by atoms with Crippen molar-refractivity contribution in [1.29, 1.82) is 0 Å². The molecule has 0 aliphatic heterocycles. The summed E-state index contributed by atoms with van der Waals surface area (Å²) in [6, 6.07) is 0. The third-order valence-electron chi connectivity index (χ3n) is 3.10. The summed E-state index contributed by atoms with van der Waals surface area (Å²) in [5.41, 5.74) is 0. The van der Waals surface area contributed by atoms with Crippen molar-refractivity contribution in [3.63, 3.8) is 0 Å². The summed E-state index contributed by atoms with van der Waals surface area (Å²) in [5, 5.41) is 7.72. The van der Waals surface area contributed by atoms with E-state index in [9.17, 15) is 4.79 Å².